The number of nitrogens with zero attached hydrogens (tertiary/aromatic N) is 4. The molecule has 2 saturated carbocycles. The number of rotatable bonds is 6. The van der Waals surface area contributed by atoms with Gasteiger partial charge in [0.15, 0.2) is 0 Å². The molecule has 4 bridgehead atoms. The predicted octanol–water partition coefficient (Wildman–Crippen LogP) is 5.90. The van der Waals surface area contributed by atoms with Crippen molar-refractivity contribution in [1.29, 1.82) is 0 Å². The van der Waals surface area contributed by atoms with Gasteiger partial charge in [-0.25, -0.2) is 4.98 Å². The lowest BCUT2D eigenvalue weighted by atomic mass is 9.73. The second-order valence-corrected chi connectivity index (χ2v) is 13.6. The highest BCUT2D eigenvalue weighted by Crippen LogP contribution is 2.47. The van der Waals surface area contributed by atoms with Crippen molar-refractivity contribution in [3.8, 4) is 0 Å². The van der Waals surface area contributed by atoms with Gasteiger partial charge in [-0.2, -0.15) is 0 Å². The predicted molar refractivity (Wildman–Crippen MR) is 150 cm³/mol. The summed E-state index contributed by atoms with van der Waals surface area (Å²) in [5, 5.41) is 9.25. The van der Waals surface area contributed by atoms with E-state index < -0.39 is 5.97 Å². The average molecular weight is 519 g/mol. The summed E-state index contributed by atoms with van der Waals surface area (Å²) in [4.78, 5) is 21.6. The Hall–Kier alpha value is -1.92. The molecule has 5 aliphatic rings. The minimum atomic E-state index is -0.714. The summed E-state index contributed by atoms with van der Waals surface area (Å²) in [6.07, 6.45) is 19.0. The van der Waals surface area contributed by atoms with E-state index in [2.05, 4.69) is 38.6 Å². The van der Waals surface area contributed by atoms with Crippen LogP contribution in [0.15, 0.2) is 24.3 Å². The van der Waals surface area contributed by atoms with Gasteiger partial charge in [0, 0.05) is 37.1 Å². The summed E-state index contributed by atoms with van der Waals surface area (Å²) in [5.74, 6) is 2.99. The second kappa shape index (κ2) is 10.6. The van der Waals surface area contributed by atoms with Crippen LogP contribution in [0.5, 0.6) is 0 Å². The van der Waals surface area contributed by atoms with Crippen LogP contribution in [0.1, 0.15) is 95.3 Å². The molecular formula is C32H46N4O2. The zero-order chi connectivity index (χ0) is 25.6. The van der Waals surface area contributed by atoms with Crippen LogP contribution in [0.2, 0.25) is 0 Å². The van der Waals surface area contributed by atoms with Crippen molar-refractivity contribution in [2.24, 2.45) is 17.8 Å². The number of aliphatic carboxylic acids is 1. The molecule has 0 radical (unpaired) electrons. The summed E-state index contributed by atoms with van der Waals surface area (Å²) in [5.41, 5.74) is 2.44. The van der Waals surface area contributed by atoms with Gasteiger partial charge in [0.1, 0.15) is 5.82 Å². The Bertz CT molecular complexity index is 1120. The summed E-state index contributed by atoms with van der Waals surface area (Å²) < 4.78 is 2.65. The first kappa shape index (κ1) is 25.1. The van der Waals surface area contributed by atoms with Crippen LogP contribution in [0.4, 0.5) is 0 Å². The number of carbonyl (C=O) groups is 1. The first-order chi connectivity index (χ1) is 18.6. The van der Waals surface area contributed by atoms with E-state index in [0.29, 0.717) is 12.0 Å². The van der Waals surface area contributed by atoms with Crippen molar-refractivity contribution in [1.82, 2.24) is 19.4 Å². The monoisotopic (exact) mass is 518 g/mol. The van der Waals surface area contributed by atoms with Crippen molar-refractivity contribution in [2.45, 2.75) is 114 Å². The summed E-state index contributed by atoms with van der Waals surface area (Å²) in [6, 6.07) is 11.6. The molecule has 7 atom stereocenters. The number of piperidine rings is 2. The Kier molecular flexibility index (Phi) is 6.98. The quantitative estimate of drug-likeness (QED) is 0.516. The normalized spacial score (nSPS) is 36.4. The van der Waals surface area contributed by atoms with Crippen LogP contribution in [-0.4, -0.2) is 68.2 Å². The lowest BCUT2D eigenvalue weighted by molar-refractivity contribution is -0.138. The summed E-state index contributed by atoms with van der Waals surface area (Å²) in [7, 11) is 0. The van der Waals surface area contributed by atoms with E-state index in [1.165, 1.54) is 88.4 Å². The Morgan fingerprint density at radius 3 is 2.32 bits per heavy atom. The van der Waals surface area contributed by atoms with E-state index in [4.69, 9.17) is 4.98 Å². The zero-order valence-corrected chi connectivity index (χ0v) is 23.0. The Labute approximate surface area is 227 Å². The lowest BCUT2D eigenvalue weighted by Crippen LogP contribution is -2.58. The number of likely N-dealkylation sites (tertiary alicyclic amines) is 1. The van der Waals surface area contributed by atoms with Gasteiger partial charge in [-0.3, -0.25) is 14.6 Å². The van der Waals surface area contributed by atoms with Crippen LogP contribution in [0, 0.1) is 17.8 Å². The molecule has 3 saturated heterocycles. The molecule has 6 heteroatoms. The molecule has 0 amide bonds. The van der Waals surface area contributed by atoms with Crippen molar-refractivity contribution in [3.05, 3.63) is 30.1 Å². The molecular weight excluding hydrogens is 472 g/mol. The van der Waals surface area contributed by atoms with Crippen LogP contribution >= 0.6 is 0 Å². The average Bonchev–Trinajstić information content (AvgIpc) is 3.44. The third kappa shape index (κ3) is 4.92. The van der Waals surface area contributed by atoms with E-state index in [0.717, 1.165) is 61.4 Å². The van der Waals surface area contributed by atoms with Crippen molar-refractivity contribution < 1.29 is 9.90 Å². The molecule has 0 spiro atoms. The second-order valence-electron chi connectivity index (χ2n) is 13.6. The summed E-state index contributed by atoms with van der Waals surface area (Å²) in [6.45, 7) is 1.93. The minimum absolute atomic E-state index is 0.164. The van der Waals surface area contributed by atoms with E-state index in [1.807, 2.05) is 0 Å². The summed E-state index contributed by atoms with van der Waals surface area (Å²) >= 11 is 0. The van der Waals surface area contributed by atoms with E-state index >= 15 is 0 Å². The molecule has 2 aliphatic carbocycles. The number of hydrogen-bond acceptors (Lipinski definition) is 4. The maximum Gasteiger partial charge on any atom is 0.317 e. The fourth-order valence-electron chi connectivity index (χ4n) is 9.62. The first-order valence-electron chi connectivity index (χ1n) is 15.8. The number of aromatic nitrogens is 2. The molecule has 0 unspecified atom stereocenters. The van der Waals surface area contributed by atoms with Gasteiger partial charge < -0.3 is 9.67 Å². The third-order valence-corrected chi connectivity index (χ3v) is 11.0. The van der Waals surface area contributed by atoms with Crippen LogP contribution in [0.3, 0.4) is 0 Å². The van der Waals surface area contributed by atoms with Gasteiger partial charge in [0.2, 0.25) is 0 Å². The molecule has 38 heavy (non-hydrogen) atoms. The van der Waals surface area contributed by atoms with Gasteiger partial charge >= 0.3 is 5.97 Å². The maximum atomic E-state index is 11.2. The van der Waals surface area contributed by atoms with Gasteiger partial charge in [0.05, 0.1) is 17.6 Å². The maximum absolute atomic E-state index is 11.2. The Morgan fingerprint density at radius 2 is 1.58 bits per heavy atom. The molecule has 4 heterocycles. The highest BCUT2D eigenvalue weighted by atomic mass is 16.4. The van der Waals surface area contributed by atoms with Gasteiger partial charge in [-0.15, -0.1) is 0 Å². The Morgan fingerprint density at radius 1 is 0.842 bits per heavy atom. The SMILES string of the molecule is O=C(O)CN1CC[C@@H](Cc2nc3ccccc3n2[C@@H]2C[C@H]3CCC[C@@H](C2)N3[C@H]2C[C@@H]3CCCC[C@@H](C3)C2)C1. The molecule has 7 rings (SSSR count). The third-order valence-electron chi connectivity index (χ3n) is 11.0. The molecule has 1 aromatic carbocycles. The number of carboxylic acids is 1. The van der Waals surface area contributed by atoms with Crippen molar-refractivity contribution in [2.75, 3.05) is 19.6 Å². The lowest BCUT2D eigenvalue weighted by Gasteiger charge is -2.54. The number of carboxylic acid groups (broad SMARTS) is 1. The number of benzene rings is 1. The number of hydrogen-bond donors (Lipinski definition) is 1. The molecule has 3 aliphatic heterocycles. The van der Waals surface area contributed by atoms with E-state index in [1.54, 1.807) is 0 Å². The molecule has 1 N–H and O–H groups in total. The zero-order valence-electron chi connectivity index (χ0n) is 23.0. The smallest absolute Gasteiger partial charge is 0.317 e. The van der Waals surface area contributed by atoms with Crippen LogP contribution < -0.4 is 0 Å². The van der Waals surface area contributed by atoms with Crippen molar-refractivity contribution in [3.63, 3.8) is 0 Å². The number of fused-ring (bicyclic) bond motifs is 5. The minimum Gasteiger partial charge on any atom is -0.480 e. The van der Waals surface area contributed by atoms with Gasteiger partial charge in [-0.1, -0.05) is 44.2 Å². The standard InChI is InChI=1S/C32H46N4O2/c37-32(38)21-34-13-12-24(20-34)17-31-33-29-10-3-4-11-30(29)36(31)28-18-25-8-5-9-26(19-28)35(25)27-15-22-6-1-2-7-23(14-22)16-27/h3-4,10-11,22-28H,1-2,5-9,12-21H2,(H,37,38)/t22-,23+,24-,25-,26+,27+,28-/m0/s1. The van der Waals surface area contributed by atoms with Gasteiger partial charge in [0.25, 0.3) is 0 Å². The van der Waals surface area contributed by atoms with Crippen LogP contribution in [0.25, 0.3) is 11.0 Å². The van der Waals surface area contributed by atoms with Crippen molar-refractivity contribution >= 4 is 17.0 Å². The fourth-order valence-corrected chi connectivity index (χ4v) is 9.62. The van der Waals surface area contributed by atoms with E-state index in [-0.39, 0.29) is 6.54 Å². The molecule has 206 valence electrons. The molecule has 5 fully saturated rings. The van der Waals surface area contributed by atoms with Gasteiger partial charge in [-0.05, 0) is 87.8 Å². The fraction of sp³-hybridized carbons (Fsp3) is 0.750. The molecule has 1 aromatic heterocycles. The Balaban J connectivity index is 1.13. The highest BCUT2D eigenvalue weighted by molar-refractivity contribution is 5.76. The topological polar surface area (TPSA) is 61.6 Å². The molecule has 6 nitrogen and oxygen atoms in total. The largest absolute Gasteiger partial charge is 0.480 e. The highest BCUT2D eigenvalue weighted by Gasteiger charge is 2.45. The van der Waals surface area contributed by atoms with Crippen LogP contribution in [-0.2, 0) is 11.2 Å². The number of para-hydroxylation sites is 2. The molecule has 2 aromatic rings. The first-order valence-corrected chi connectivity index (χ1v) is 15.8. The van der Waals surface area contributed by atoms with E-state index in [9.17, 15) is 9.90 Å². The number of imidazole rings is 1.